The highest BCUT2D eigenvalue weighted by atomic mass is 16.3. The van der Waals surface area contributed by atoms with Crippen LogP contribution in [-0.4, -0.2) is 22.8 Å². The quantitative estimate of drug-likeness (QED) is 0.920. The fourth-order valence-corrected chi connectivity index (χ4v) is 4.61. The molecular weight excluding hydrogens is 298 g/mol. The van der Waals surface area contributed by atoms with Crippen LogP contribution in [0.5, 0.6) is 0 Å². The van der Waals surface area contributed by atoms with Gasteiger partial charge in [0.05, 0.1) is 29.7 Å². The Labute approximate surface area is 141 Å². The van der Waals surface area contributed by atoms with Gasteiger partial charge < -0.3 is 10.0 Å². The lowest BCUT2D eigenvalue weighted by atomic mass is 9.83. The van der Waals surface area contributed by atoms with Gasteiger partial charge in [-0.25, -0.2) is 0 Å². The number of anilines is 1. The molecule has 120 valence electrons. The Morgan fingerprint density at radius 3 is 2.33 bits per heavy atom. The minimum absolute atomic E-state index is 0.210. The summed E-state index contributed by atoms with van der Waals surface area (Å²) < 4.78 is 0. The lowest BCUT2D eigenvalue weighted by Gasteiger charge is -2.44. The third-order valence-electron chi connectivity index (χ3n) is 5.56. The molecule has 0 amide bonds. The average Bonchev–Trinajstić information content (AvgIpc) is 2.86. The molecule has 0 aromatic heterocycles. The van der Waals surface area contributed by atoms with Gasteiger partial charge in [-0.3, -0.25) is 0 Å². The summed E-state index contributed by atoms with van der Waals surface area (Å²) in [6.07, 6.45) is 3.60. The molecule has 2 saturated heterocycles. The first kappa shape index (κ1) is 15.0. The average molecular weight is 317 g/mol. The van der Waals surface area contributed by atoms with Crippen molar-refractivity contribution in [2.24, 2.45) is 0 Å². The first-order valence-corrected chi connectivity index (χ1v) is 8.45. The lowest BCUT2D eigenvalue weighted by molar-refractivity contribution is 0.00622. The van der Waals surface area contributed by atoms with Gasteiger partial charge >= 0.3 is 0 Å². The highest BCUT2D eigenvalue weighted by Crippen LogP contribution is 2.46. The predicted molar refractivity (Wildman–Crippen MR) is 92.4 cm³/mol. The molecule has 0 saturated carbocycles. The fourth-order valence-electron chi connectivity index (χ4n) is 4.61. The van der Waals surface area contributed by atoms with Gasteiger partial charge in [-0.2, -0.15) is 10.5 Å². The van der Waals surface area contributed by atoms with Crippen molar-refractivity contribution in [2.45, 2.75) is 49.8 Å². The molecule has 2 unspecified atom stereocenters. The van der Waals surface area contributed by atoms with Crippen molar-refractivity contribution in [1.29, 1.82) is 10.5 Å². The van der Waals surface area contributed by atoms with Crippen LogP contribution in [0.2, 0.25) is 0 Å². The van der Waals surface area contributed by atoms with Crippen LogP contribution in [0.15, 0.2) is 36.4 Å². The standard InChI is InChI=1S/C20H19N3O/c21-10-9-20(24)11-15-6-7-16(12-20)23(15)19-8-5-14(13-22)17-3-1-2-4-18(17)19/h1-5,8,15-16,24H,6-7,9,11-12H2. The summed E-state index contributed by atoms with van der Waals surface area (Å²) in [4.78, 5) is 2.43. The number of hydrogen-bond acceptors (Lipinski definition) is 4. The van der Waals surface area contributed by atoms with Crippen molar-refractivity contribution in [3.8, 4) is 12.1 Å². The Bertz CT molecular complexity index is 863. The predicted octanol–water partition coefficient (Wildman–Crippen LogP) is 3.49. The zero-order valence-corrected chi connectivity index (χ0v) is 13.4. The number of hydrogen-bond donors (Lipinski definition) is 1. The highest BCUT2D eigenvalue weighted by Gasteiger charge is 2.47. The Hall–Kier alpha value is -2.56. The molecule has 4 nitrogen and oxygen atoms in total. The van der Waals surface area contributed by atoms with Gasteiger partial charge in [0.25, 0.3) is 0 Å². The third-order valence-corrected chi connectivity index (χ3v) is 5.56. The maximum absolute atomic E-state index is 10.7. The van der Waals surface area contributed by atoms with Crippen molar-refractivity contribution in [2.75, 3.05) is 4.90 Å². The van der Waals surface area contributed by atoms with Crippen LogP contribution in [0.4, 0.5) is 5.69 Å². The molecule has 24 heavy (non-hydrogen) atoms. The SMILES string of the molecule is N#CCC1(O)CC2CCC(C1)N2c1ccc(C#N)c2ccccc12. The van der Waals surface area contributed by atoms with Crippen LogP contribution >= 0.6 is 0 Å². The van der Waals surface area contributed by atoms with E-state index in [1.165, 1.54) is 0 Å². The number of nitrogens with zero attached hydrogens (tertiary/aromatic N) is 3. The Morgan fingerprint density at radius 2 is 1.71 bits per heavy atom. The van der Waals surface area contributed by atoms with E-state index in [0.29, 0.717) is 18.4 Å². The van der Waals surface area contributed by atoms with Crippen LogP contribution in [0.3, 0.4) is 0 Å². The van der Waals surface area contributed by atoms with E-state index in [1.54, 1.807) is 0 Å². The smallest absolute Gasteiger partial charge is 0.0998 e. The number of piperidine rings is 1. The minimum Gasteiger partial charge on any atom is -0.389 e. The molecule has 0 aliphatic carbocycles. The number of rotatable bonds is 2. The number of aliphatic hydroxyl groups is 1. The summed E-state index contributed by atoms with van der Waals surface area (Å²) >= 11 is 0. The summed E-state index contributed by atoms with van der Waals surface area (Å²) in [6.45, 7) is 0. The molecule has 0 spiro atoms. The van der Waals surface area contributed by atoms with E-state index in [0.717, 1.165) is 29.3 Å². The molecule has 2 bridgehead atoms. The molecule has 4 heteroatoms. The van der Waals surface area contributed by atoms with Crippen LogP contribution in [-0.2, 0) is 0 Å². The van der Waals surface area contributed by atoms with Crippen LogP contribution in [0.1, 0.15) is 37.7 Å². The van der Waals surface area contributed by atoms with Gasteiger partial charge in [0.1, 0.15) is 0 Å². The van der Waals surface area contributed by atoms with E-state index in [2.05, 4.69) is 23.1 Å². The van der Waals surface area contributed by atoms with Gasteiger partial charge in [-0.05, 0) is 37.8 Å². The number of nitriles is 2. The number of fused-ring (bicyclic) bond motifs is 3. The summed E-state index contributed by atoms with van der Waals surface area (Å²) in [5.41, 5.74) is 0.996. The number of benzene rings is 2. The van der Waals surface area contributed by atoms with Crippen molar-refractivity contribution in [3.63, 3.8) is 0 Å². The van der Waals surface area contributed by atoms with Crippen molar-refractivity contribution < 1.29 is 5.11 Å². The maximum Gasteiger partial charge on any atom is 0.0998 e. The van der Waals surface area contributed by atoms with E-state index < -0.39 is 5.60 Å². The van der Waals surface area contributed by atoms with E-state index in [-0.39, 0.29) is 18.5 Å². The molecule has 0 radical (unpaired) electrons. The van der Waals surface area contributed by atoms with E-state index in [1.807, 2.05) is 30.3 Å². The molecule has 2 heterocycles. The molecular formula is C20H19N3O. The first-order valence-electron chi connectivity index (χ1n) is 8.45. The lowest BCUT2D eigenvalue weighted by Crippen LogP contribution is -2.51. The van der Waals surface area contributed by atoms with E-state index in [4.69, 9.17) is 5.26 Å². The molecule has 1 N–H and O–H groups in total. The van der Waals surface area contributed by atoms with Crippen molar-refractivity contribution in [1.82, 2.24) is 0 Å². The van der Waals surface area contributed by atoms with Crippen LogP contribution < -0.4 is 4.90 Å². The van der Waals surface area contributed by atoms with Gasteiger partial charge in [0, 0.05) is 28.5 Å². The summed E-state index contributed by atoms with van der Waals surface area (Å²) in [6, 6.07) is 16.9. The Balaban J connectivity index is 1.78. The minimum atomic E-state index is -0.848. The van der Waals surface area contributed by atoms with Gasteiger partial charge in [-0.15, -0.1) is 0 Å². The second kappa shape index (κ2) is 5.51. The topological polar surface area (TPSA) is 71.0 Å². The fraction of sp³-hybridized carbons (Fsp3) is 0.400. The van der Waals surface area contributed by atoms with Gasteiger partial charge in [-0.1, -0.05) is 24.3 Å². The van der Waals surface area contributed by atoms with Crippen LogP contribution in [0.25, 0.3) is 10.8 Å². The molecule has 2 aliphatic heterocycles. The molecule has 2 fully saturated rings. The van der Waals surface area contributed by atoms with Crippen molar-refractivity contribution in [3.05, 3.63) is 42.0 Å². The zero-order chi connectivity index (χ0) is 16.7. The summed E-state index contributed by atoms with van der Waals surface area (Å²) in [7, 11) is 0. The summed E-state index contributed by atoms with van der Waals surface area (Å²) in [5, 5.41) is 31.2. The second-order valence-electron chi connectivity index (χ2n) is 7.05. The molecule has 2 aliphatic rings. The second-order valence-corrected chi connectivity index (χ2v) is 7.05. The van der Waals surface area contributed by atoms with Gasteiger partial charge in [0.15, 0.2) is 0 Å². The van der Waals surface area contributed by atoms with Gasteiger partial charge in [0.2, 0.25) is 0 Å². The maximum atomic E-state index is 10.7. The largest absolute Gasteiger partial charge is 0.389 e. The zero-order valence-electron chi connectivity index (χ0n) is 13.4. The molecule has 2 aromatic rings. The Kier molecular flexibility index (Phi) is 3.44. The third kappa shape index (κ3) is 2.23. The Morgan fingerprint density at radius 1 is 1.04 bits per heavy atom. The highest BCUT2D eigenvalue weighted by molar-refractivity contribution is 5.98. The molecule has 2 aromatic carbocycles. The van der Waals surface area contributed by atoms with E-state index in [9.17, 15) is 10.4 Å². The first-order chi connectivity index (χ1) is 11.6. The summed E-state index contributed by atoms with van der Waals surface area (Å²) in [5.74, 6) is 0. The normalized spacial score (nSPS) is 28.5. The molecule has 4 rings (SSSR count). The van der Waals surface area contributed by atoms with Crippen LogP contribution in [0, 0.1) is 22.7 Å². The monoisotopic (exact) mass is 317 g/mol. The van der Waals surface area contributed by atoms with E-state index >= 15 is 0 Å². The molecule has 2 atom stereocenters. The van der Waals surface area contributed by atoms with Crippen molar-refractivity contribution >= 4 is 16.5 Å².